The molecular formula is C15H20N2S2. The number of hydrogen-bond acceptors (Lipinski definition) is 2. The third-order valence-corrected chi connectivity index (χ3v) is 5.65. The predicted octanol–water partition coefficient (Wildman–Crippen LogP) is 3.96. The van der Waals surface area contributed by atoms with E-state index < -0.39 is 0 Å². The third kappa shape index (κ3) is 2.43. The molecule has 19 heavy (non-hydrogen) atoms. The summed E-state index contributed by atoms with van der Waals surface area (Å²) in [5.41, 5.74) is 3.11. The van der Waals surface area contributed by atoms with Crippen molar-refractivity contribution in [2.75, 3.05) is 11.9 Å². The molecule has 0 aromatic carbocycles. The highest BCUT2D eigenvalue weighted by atomic mass is 32.1. The second-order valence-electron chi connectivity index (χ2n) is 5.59. The van der Waals surface area contributed by atoms with Crippen LogP contribution in [-0.2, 0) is 19.4 Å². The maximum absolute atomic E-state index is 5.47. The van der Waals surface area contributed by atoms with E-state index in [2.05, 4.69) is 23.7 Å². The summed E-state index contributed by atoms with van der Waals surface area (Å²) in [4.78, 5) is 3.86. The van der Waals surface area contributed by atoms with Gasteiger partial charge < -0.3 is 10.2 Å². The first-order chi connectivity index (χ1) is 9.19. The molecule has 1 unspecified atom stereocenters. The Balaban J connectivity index is 1.87. The highest BCUT2D eigenvalue weighted by molar-refractivity contribution is 7.80. The number of hydrogen-bond donors (Lipinski definition) is 1. The maximum Gasteiger partial charge on any atom is 0.174 e. The minimum absolute atomic E-state index is 0.830. The number of nitrogens with one attached hydrogen (secondary N) is 1. The van der Waals surface area contributed by atoms with Crippen LogP contribution in [0, 0.1) is 5.92 Å². The first-order valence-electron chi connectivity index (χ1n) is 6.99. The number of thiocarbonyl (C=S) groups is 1. The Morgan fingerprint density at radius 1 is 1.53 bits per heavy atom. The molecule has 102 valence electrons. The number of rotatable bonds is 3. The zero-order valence-electron chi connectivity index (χ0n) is 11.4. The molecule has 1 aliphatic carbocycles. The summed E-state index contributed by atoms with van der Waals surface area (Å²) in [6.45, 7) is 8.10. The Morgan fingerprint density at radius 2 is 2.37 bits per heavy atom. The minimum Gasteiger partial charge on any atom is -0.344 e. The fraction of sp³-hybridized carbons (Fsp3) is 0.533. The standard InChI is InChI=1S/C15H20N2S2/c1-3-4-7-17-9-12-11-6-5-10(2)8-13(11)19-14(12)16-15(17)18/h3,10H,1,4-9H2,2H3,(H,16,18). The topological polar surface area (TPSA) is 15.3 Å². The smallest absolute Gasteiger partial charge is 0.174 e. The van der Waals surface area contributed by atoms with E-state index >= 15 is 0 Å². The van der Waals surface area contributed by atoms with Crippen LogP contribution in [0.1, 0.15) is 35.8 Å². The van der Waals surface area contributed by atoms with Gasteiger partial charge in [-0.15, -0.1) is 17.9 Å². The largest absolute Gasteiger partial charge is 0.344 e. The molecule has 0 saturated heterocycles. The van der Waals surface area contributed by atoms with Gasteiger partial charge in [-0.1, -0.05) is 13.0 Å². The van der Waals surface area contributed by atoms with Gasteiger partial charge in [0.2, 0.25) is 0 Å². The molecule has 0 saturated carbocycles. The Bertz CT molecular complexity index is 518. The number of fused-ring (bicyclic) bond motifs is 3. The van der Waals surface area contributed by atoms with Gasteiger partial charge in [0.15, 0.2) is 5.11 Å². The van der Waals surface area contributed by atoms with Crippen LogP contribution in [0.5, 0.6) is 0 Å². The Hall–Kier alpha value is -0.870. The molecule has 2 aliphatic rings. The molecule has 0 radical (unpaired) electrons. The highest BCUT2D eigenvalue weighted by Gasteiger charge is 2.28. The lowest BCUT2D eigenvalue weighted by molar-refractivity contribution is 0.417. The van der Waals surface area contributed by atoms with Crippen molar-refractivity contribution in [3.8, 4) is 0 Å². The third-order valence-electron chi connectivity index (χ3n) is 4.08. The fourth-order valence-electron chi connectivity index (χ4n) is 2.95. The van der Waals surface area contributed by atoms with Crippen molar-refractivity contribution in [1.82, 2.24) is 4.90 Å². The van der Waals surface area contributed by atoms with Gasteiger partial charge in [-0.05, 0) is 49.4 Å². The Kier molecular flexibility index (Phi) is 3.63. The van der Waals surface area contributed by atoms with Crippen LogP contribution in [0.3, 0.4) is 0 Å². The van der Waals surface area contributed by atoms with Gasteiger partial charge in [0.1, 0.15) is 5.00 Å². The normalized spacial score (nSPS) is 21.6. The summed E-state index contributed by atoms with van der Waals surface area (Å²) in [7, 11) is 0. The quantitative estimate of drug-likeness (QED) is 0.670. The van der Waals surface area contributed by atoms with Crippen LogP contribution < -0.4 is 5.32 Å². The monoisotopic (exact) mass is 292 g/mol. The van der Waals surface area contributed by atoms with Crippen molar-refractivity contribution < 1.29 is 0 Å². The lowest BCUT2D eigenvalue weighted by Gasteiger charge is -2.31. The summed E-state index contributed by atoms with van der Waals surface area (Å²) >= 11 is 7.39. The summed E-state index contributed by atoms with van der Waals surface area (Å²) in [5, 5.41) is 5.61. The van der Waals surface area contributed by atoms with Crippen LogP contribution in [0.2, 0.25) is 0 Å². The molecule has 1 N–H and O–H groups in total. The van der Waals surface area contributed by atoms with Crippen LogP contribution in [0.4, 0.5) is 5.00 Å². The van der Waals surface area contributed by atoms with Crippen molar-refractivity contribution in [2.45, 2.75) is 39.2 Å². The molecule has 0 spiro atoms. The molecule has 0 amide bonds. The van der Waals surface area contributed by atoms with E-state index in [1.165, 1.54) is 29.8 Å². The number of anilines is 1. The first kappa shape index (κ1) is 13.1. The Morgan fingerprint density at radius 3 is 3.16 bits per heavy atom. The average Bonchev–Trinajstić information content (AvgIpc) is 2.72. The molecule has 1 atom stereocenters. The summed E-state index contributed by atoms with van der Waals surface area (Å²) in [5.74, 6) is 0.830. The number of thiophene rings is 1. The van der Waals surface area contributed by atoms with Gasteiger partial charge in [-0.3, -0.25) is 0 Å². The van der Waals surface area contributed by atoms with Crippen molar-refractivity contribution in [3.63, 3.8) is 0 Å². The first-order valence-corrected chi connectivity index (χ1v) is 8.21. The second kappa shape index (κ2) is 5.25. The molecular weight excluding hydrogens is 272 g/mol. The minimum atomic E-state index is 0.830. The van der Waals surface area contributed by atoms with Crippen molar-refractivity contribution in [1.29, 1.82) is 0 Å². The second-order valence-corrected chi connectivity index (χ2v) is 7.08. The lowest BCUT2D eigenvalue weighted by atomic mass is 9.88. The highest BCUT2D eigenvalue weighted by Crippen LogP contribution is 2.41. The molecule has 0 fully saturated rings. The number of nitrogens with zero attached hydrogens (tertiary/aromatic N) is 1. The van der Waals surface area contributed by atoms with E-state index in [-0.39, 0.29) is 0 Å². The molecule has 1 aromatic heterocycles. The molecule has 3 rings (SSSR count). The van der Waals surface area contributed by atoms with E-state index in [9.17, 15) is 0 Å². The van der Waals surface area contributed by atoms with Gasteiger partial charge in [0, 0.05) is 23.5 Å². The Labute approximate surface area is 124 Å². The SMILES string of the molecule is C=CCCN1Cc2c(sc3c2CCC(C)C3)NC1=S. The van der Waals surface area contributed by atoms with Gasteiger partial charge in [0.05, 0.1) is 0 Å². The summed E-state index contributed by atoms with van der Waals surface area (Å²) in [6, 6.07) is 0. The molecule has 2 heterocycles. The molecule has 0 bridgehead atoms. The lowest BCUT2D eigenvalue weighted by Crippen LogP contribution is -2.38. The van der Waals surface area contributed by atoms with E-state index in [0.29, 0.717) is 0 Å². The van der Waals surface area contributed by atoms with Crippen LogP contribution in [0.25, 0.3) is 0 Å². The van der Waals surface area contributed by atoms with Crippen molar-refractivity contribution >= 4 is 33.7 Å². The van der Waals surface area contributed by atoms with Crippen molar-refractivity contribution in [3.05, 3.63) is 28.7 Å². The van der Waals surface area contributed by atoms with Gasteiger partial charge in [-0.25, -0.2) is 0 Å². The maximum atomic E-state index is 5.47. The van der Waals surface area contributed by atoms with Gasteiger partial charge >= 0.3 is 0 Å². The zero-order chi connectivity index (χ0) is 13.4. The van der Waals surface area contributed by atoms with Gasteiger partial charge in [0.25, 0.3) is 0 Å². The van der Waals surface area contributed by atoms with E-state index in [0.717, 1.165) is 30.5 Å². The van der Waals surface area contributed by atoms with Crippen LogP contribution in [-0.4, -0.2) is 16.6 Å². The fourth-order valence-corrected chi connectivity index (χ4v) is 4.69. The van der Waals surface area contributed by atoms with E-state index in [1.807, 2.05) is 17.4 Å². The summed E-state index contributed by atoms with van der Waals surface area (Å²) in [6.07, 6.45) is 6.76. The van der Waals surface area contributed by atoms with E-state index in [4.69, 9.17) is 12.2 Å². The average molecular weight is 292 g/mol. The van der Waals surface area contributed by atoms with Crippen LogP contribution in [0.15, 0.2) is 12.7 Å². The van der Waals surface area contributed by atoms with Crippen molar-refractivity contribution in [2.24, 2.45) is 5.92 Å². The molecule has 4 heteroatoms. The van der Waals surface area contributed by atoms with Crippen LogP contribution >= 0.6 is 23.6 Å². The molecule has 1 aliphatic heterocycles. The summed E-state index contributed by atoms with van der Waals surface area (Å²) < 4.78 is 0. The molecule has 1 aromatic rings. The van der Waals surface area contributed by atoms with Gasteiger partial charge in [-0.2, -0.15) is 0 Å². The predicted molar refractivity (Wildman–Crippen MR) is 87.0 cm³/mol. The zero-order valence-corrected chi connectivity index (χ0v) is 13.0. The molecule has 2 nitrogen and oxygen atoms in total. The van der Waals surface area contributed by atoms with E-state index in [1.54, 1.807) is 10.4 Å².